The van der Waals surface area contributed by atoms with Gasteiger partial charge < -0.3 is 11.3 Å². The number of nitrogens with zero attached hydrogens (tertiary/aromatic N) is 1. The molecule has 0 aliphatic rings. The Bertz CT molecular complexity index is 469. The molecular weight excluding hydrogens is 301 g/mol. The molecule has 0 saturated carbocycles. The van der Waals surface area contributed by atoms with Crippen LogP contribution in [0.25, 0.3) is 0 Å². The van der Waals surface area contributed by atoms with Crippen LogP contribution in [0.15, 0.2) is 16.7 Å². The van der Waals surface area contributed by atoms with Crippen LogP contribution in [0.2, 0.25) is 0 Å². The number of aldehydes is 1. The van der Waals surface area contributed by atoms with Crippen LogP contribution in [0.1, 0.15) is 30.3 Å². The number of aromatic nitrogens is 1. The minimum Gasteiger partial charge on any atom is -1.00 e. The van der Waals surface area contributed by atoms with E-state index in [4.69, 9.17) is 5.11 Å². The first-order valence-electron chi connectivity index (χ1n) is 4.32. The fourth-order valence-corrected chi connectivity index (χ4v) is 1.55. The van der Waals surface area contributed by atoms with E-state index in [2.05, 4.69) is 20.9 Å². The Morgan fingerprint density at radius 3 is 2.59 bits per heavy atom. The molecule has 0 spiro atoms. The van der Waals surface area contributed by atoms with Crippen LogP contribution in [-0.4, -0.2) is 28.1 Å². The summed E-state index contributed by atoms with van der Waals surface area (Å²) in [6.07, 6.45) is 1.74. The molecule has 1 heterocycles. The standard InChI is InChI=1S/C10H8BrNO4.Na.H/c1-5(14)8(4-13)9-7(10(15)16)2-6(11)3-12-9;;/h2-4,8H,1H3,(H,15,16);;/q;+1;-1. The number of carboxylic acid groups (broad SMARTS) is 1. The maximum Gasteiger partial charge on any atom is 1.00 e. The van der Waals surface area contributed by atoms with E-state index in [0.717, 1.165) is 0 Å². The number of halogens is 1. The third-order valence-electron chi connectivity index (χ3n) is 1.98. The molecule has 17 heavy (non-hydrogen) atoms. The van der Waals surface area contributed by atoms with E-state index < -0.39 is 17.7 Å². The Morgan fingerprint density at radius 1 is 1.59 bits per heavy atom. The number of aromatic carboxylic acids is 1. The fourth-order valence-electron chi connectivity index (χ4n) is 1.22. The van der Waals surface area contributed by atoms with E-state index in [9.17, 15) is 14.4 Å². The van der Waals surface area contributed by atoms with Gasteiger partial charge in [0.2, 0.25) is 0 Å². The van der Waals surface area contributed by atoms with Gasteiger partial charge in [-0.25, -0.2) is 4.79 Å². The van der Waals surface area contributed by atoms with Crippen LogP contribution in [-0.2, 0) is 9.59 Å². The molecule has 7 heteroatoms. The van der Waals surface area contributed by atoms with Gasteiger partial charge in [0.05, 0.1) is 11.3 Å². The van der Waals surface area contributed by atoms with Crippen molar-refractivity contribution in [2.75, 3.05) is 0 Å². The summed E-state index contributed by atoms with van der Waals surface area (Å²) in [4.78, 5) is 36.6. The Hall–Kier alpha value is -0.560. The number of carbonyl (C=O) groups is 3. The van der Waals surface area contributed by atoms with Crippen LogP contribution in [0.5, 0.6) is 0 Å². The third kappa shape index (κ3) is 3.99. The zero-order valence-corrected chi connectivity index (χ0v) is 12.9. The quantitative estimate of drug-likeness (QED) is 0.417. The largest absolute Gasteiger partial charge is 1.00 e. The average molecular weight is 310 g/mol. The number of rotatable bonds is 4. The molecule has 1 atom stereocenters. The average Bonchev–Trinajstić information content (AvgIpc) is 2.20. The van der Waals surface area contributed by atoms with E-state index in [1.165, 1.54) is 19.2 Å². The second-order valence-corrected chi connectivity index (χ2v) is 4.03. The van der Waals surface area contributed by atoms with Crippen molar-refractivity contribution in [2.45, 2.75) is 12.8 Å². The summed E-state index contributed by atoms with van der Waals surface area (Å²) in [5, 5.41) is 8.93. The van der Waals surface area contributed by atoms with Crippen molar-refractivity contribution in [1.82, 2.24) is 4.98 Å². The Morgan fingerprint density at radius 2 is 2.18 bits per heavy atom. The van der Waals surface area contributed by atoms with Crippen LogP contribution < -0.4 is 29.6 Å². The van der Waals surface area contributed by atoms with E-state index >= 15 is 0 Å². The third-order valence-corrected chi connectivity index (χ3v) is 2.42. The molecule has 86 valence electrons. The molecule has 5 nitrogen and oxygen atoms in total. The van der Waals surface area contributed by atoms with Gasteiger partial charge in [0, 0.05) is 10.7 Å². The SMILES string of the molecule is CC(=O)C(C=O)c1ncc(Br)cc1C(=O)O.[H-].[Na+]. The van der Waals surface area contributed by atoms with Crippen molar-refractivity contribution in [3.05, 3.63) is 28.0 Å². The maximum atomic E-state index is 11.2. The molecule has 0 bridgehead atoms. The van der Waals surface area contributed by atoms with E-state index in [1.54, 1.807) is 0 Å². The van der Waals surface area contributed by atoms with Gasteiger partial charge in [0.25, 0.3) is 0 Å². The van der Waals surface area contributed by atoms with Gasteiger partial charge in [-0.2, -0.15) is 0 Å². The van der Waals surface area contributed by atoms with Crippen LogP contribution in [0, 0.1) is 0 Å². The smallest absolute Gasteiger partial charge is 1.00 e. The van der Waals surface area contributed by atoms with Crippen molar-refractivity contribution in [3.8, 4) is 0 Å². The minimum atomic E-state index is -1.23. The van der Waals surface area contributed by atoms with Gasteiger partial charge >= 0.3 is 35.5 Å². The first kappa shape index (κ1) is 16.4. The normalized spacial score (nSPS) is 11.2. The predicted octanol–water partition coefficient (Wildman–Crippen LogP) is -1.47. The zero-order chi connectivity index (χ0) is 12.3. The van der Waals surface area contributed by atoms with Gasteiger partial charge in [-0.1, -0.05) is 0 Å². The molecule has 1 N–H and O–H groups in total. The minimum absolute atomic E-state index is 0. The van der Waals surface area contributed by atoms with Crippen molar-refractivity contribution in [2.24, 2.45) is 0 Å². The van der Waals surface area contributed by atoms with Gasteiger partial charge in [-0.3, -0.25) is 9.78 Å². The van der Waals surface area contributed by atoms with Gasteiger partial charge in [0.1, 0.15) is 18.0 Å². The Balaban J connectivity index is 0. The molecule has 0 amide bonds. The molecule has 1 rings (SSSR count). The fraction of sp³-hybridized carbons (Fsp3) is 0.200. The molecule has 0 fully saturated rings. The molecule has 1 unspecified atom stereocenters. The monoisotopic (exact) mass is 309 g/mol. The van der Waals surface area contributed by atoms with Crippen molar-refractivity contribution in [3.63, 3.8) is 0 Å². The summed E-state index contributed by atoms with van der Waals surface area (Å²) in [6.45, 7) is 1.22. The zero-order valence-electron chi connectivity index (χ0n) is 10.3. The number of hydrogen-bond donors (Lipinski definition) is 1. The van der Waals surface area contributed by atoms with Crippen molar-refractivity contribution in [1.29, 1.82) is 0 Å². The second-order valence-electron chi connectivity index (χ2n) is 3.12. The molecule has 1 aromatic rings. The first-order chi connectivity index (χ1) is 7.47. The van der Waals surface area contributed by atoms with E-state index in [0.29, 0.717) is 10.8 Å². The molecule has 0 saturated heterocycles. The summed E-state index contributed by atoms with van der Waals surface area (Å²) in [6, 6.07) is 1.31. The molecular formula is C10H9BrNNaO4. The van der Waals surface area contributed by atoms with Crippen LogP contribution in [0.3, 0.4) is 0 Å². The molecule has 0 aliphatic carbocycles. The van der Waals surface area contributed by atoms with Gasteiger partial charge in [0.15, 0.2) is 0 Å². The first-order valence-corrected chi connectivity index (χ1v) is 5.11. The summed E-state index contributed by atoms with van der Waals surface area (Å²) >= 11 is 3.07. The van der Waals surface area contributed by atoms with Crippen molar-refractivity contribution >= 4 is 34.0 Å². The summed E-state index contributed by atoms with van der Waals surface area (Å²) in [5.41, 5.74) is -0.181. The number of Topliss-reactive ketones (excluding diaryl/α,β-unsaturated/α-hetero) is 1. The maximum absolute atomic E-state index is 11.2. The van der Waals surface area contributed by atoms with Crippen molar-refractivity contribution < 1.29 is 50.5 Å². The predicted molar refractivity (Wildman–Crippen MR) is 59.5 cm³/mol. The van der Waals surface area contributed by atoms with E-state index in [1.807, 2.05) is 0 Å². The number of carbonyl (C=O) groups excluding carboxylic acids is 2. The van der Waals surface area contributed by atoms with Crippen LogP contribution in [0.4, 0.5) is 0 Å². The summed E-state index contributed by atoms with van der Waals surface area (Å²) in [5.74, 6) is -2.79. The topological polar surface area (TPSA) is 84.3 Å². The van der Waals surface area contributed by atoms with Gasteiger partial charge in [-0.15, -0.1) is 0 Å². The van der Waals surface area contributed by atoms with E-state index in [-0.39, 0.29) is 42.2 Å². The molecule has 0 aromatic carbocycles. The molecule has 0 aliphatic heterocycles. The number of pyridine rings is 1. The number of carboxylic acids is 1. The Kier molecular flexibility index (Phi) is 6.77. The van der Waals surface area contributed by atoms with Crippen LogP contribution >= 0.6 is 15.9 Å². The number of ketones is 1. The summed E-state index contributed by atoms with van der Waals surface area (Å²) in [7, 11) is 0. The summed E-state index contributed by atoms with van der Waals surface area (Å²) < 4.78 is 0.474. The number of hydrogen-bond acceptors (Lipinski definition) is 4. The molecule has 1 aromatic heterocycles. The van der Waals surface area contributed by atoms with Gasteiger partial charge in [-0.05, 0) is 28.9 Å². The molecule has 0 radical (unpaired) electrons. The Labute approximate surface area is 130 Å². The second kappa shape index (κ2) is 7.00.